The van der Waals surface area contributed by atoms with E-state index in [1.807, 2.05) is 7.05 Å². The summed E-state index contributed by atoms with van der Waals surface area (Å²) in [6.07, 6.45) is 0.777. The molecule has 0 fully saturated rings. The zero-order chi connectivity index (χ0) is 12.0. The van der Waals surface area contributed by atoms with Crippen molar-refractivity contribution < 1.29 is 4.74 Å². The third-order valence-corrected chi connectivity index (χ3v) is 2.36. The van der Waals surface area contributed by atoms with Crippen molar-refractivity contribution in [2.75, 3.05) is 26.4 Å². The molecule has 0 bridgehead atoms. The fourth-order valence-electron chi connectivity index (χ4n) is 1.19. The third kappa shape index (κ3) is 3.34. The fourth-order valence-corrected chi connectivity index (χ4v) is 1.41. The van der Waals surface area contributed by atoms with Crippen LogP contribution in [-0.2, 0) is 0 Å². The van der Waals surface area contributed by atoms with Crippen LogP contribution < -0.4 is 15.8 Å². The number of hydrogen-bond acceptors (Lipinski definition) is 3. The van der Waals surface area contributed by atoms with Crippen molar-refractivity contribution >= 4 is 17.3 Å². The van der Waals surface area contributed by atoms with Gasteiger partial charge >= 0.3 is 0 Å². The van der Waals surface area contributed by atoms with Crippen LogP contribution in [0.15, 0.2) is 12.1 Å². The first-order valence-corrected chi connectivity index (χ1v) is 5.33. The first-order valence-electron chi connectivity index (χ1n) is 4.95. The summed E-state index contributed by atoms with van der Waals surface area (Å²) >= 11 is 6.02. The second kappa shape index (κ2) is 6.26. The first kappa shape index (κ1) is 12.7. The Morgan fingerprint density at radius 1 is 1.50 bits per heavy atom. The zero-order valence-electron chi connectivity index (χ0n) is 9.43. The van der Waals surface area contributed by atoms with E-state index in [-0.39, 0.29) is 0 Å². The molecule has 0 heterocycles. The van der Waals surface area contributed by atoms with Gasteiger partial charge < -0.3 is 15.8 Å². The molecule has 0 saturated heterocycles. The lowest BCUT2D eigenvalue weighted by molar-refractivity contribution is 0.417. The second-order valence-corrected chi connectivity index (χ2v) is 3.64. The van der Waals surface area contributed by atoms with E-state index < -0.39 is 0 Å². The molecule has 1 aromatic carbocycles. The molecule has 0 radical (unpaired) electrons. The normalized spacial score (nSPS) is 9.44. The van der Waals surface area contributed by atoms with E-state index in [1.165, 1.54) is 0 Å². The molecule has 3 N–H and O–H groups in total. The highest BCUT2D eigenvalue weighted by Crippen LogP contribution is 2.28. The number of methoxy groups -OCH3 is 1. The minimum atomic E-state index is 0.522. The molecule has 86 valence electrons. The van der Waals surface area contributed by atoms with E-state index in [0.29, 0.717) is 16.5 Å². The molecule has 0 aliphatic heterocycles. The van der Waals surface area contributed by atoms with Gasteiger partial charge in [-0.25, -0.2) is 0 Å². The first-order chi connectivity index (χ1) is 7.69. The van der Waals surface area contributed by atoms with E-state index in [1.54, 1.807) is 19.2 Å². The van der Waals surface area contributed by atoms with Gasteiger partial charge in [-0.05, 0) is 19.2 Å². The molecule has 1 rings (SSSR count). The van der Waals surface area contributed by atoms with Crippen LogP contribution in [0.4, 0.5) is 5.69 Å². The molecule has 0 atom stereocenters. The number of benzene rings is 1. The second-order valence-electron chi connectivity index (χ2n) is 3.23. The highest BCUT2D eigenvalue weighted by Gasteiger charge is 2.04. The molecule has 1 aromatic rings. The van der Waals surface area contributed by atoms with Crippen LogP contribution in [-0.4, -0.2) is 20.7 Å². The maximum atomic E-state index is 6.02. The van der Waals surface area contributed by atoms with Gasteiger partial charge in [-0.2, -0.15) is 0 Å². The van der Waals surface area contributed by atoms with Gasteiger partial charge in [-0.1, -0.05) is 23.4 Å². The van der Waals surface area contributed by atoms with Crippen molar-refractivity contribution in [2.45, 2.75) is 6.42 Å². The summed E-state index contributed by atoms with van der Waals surface area (Å²) in [4.78, 5) is 0. The smallest absolute Gasteiger partial charge is 0.143 e. The SMILES string of the molecule is CNCCC#Cc1cc(OC)c(N)cc1Cl. The predicted molar refractivity (Wildman–Crippen MR) is 67.8 cm³/mol. The van der Waals surface area contributed by atoms with E-state index in [4.69, 9.17) is 22.1 Å². The topological polar surface area (TPSA) is 47.3 Å². The van der Waals surface area contributed by atoms with E-state index in [2.05, 4.69) is 17.2 Å². The average Bonchev–Trinajstić information content (AvgIpc) is 2.27. The van der Waals surface area contributed by atoms with Crippen molar-refractivity contribution in [3.05, 3.63) is 22.7 Å². The van der Waals surface area contributed by atoms with Crippen LogP contribution in [0.5, 0.6) is 5.75 Å². The maximum absolute atomic E-state index is 6.02. The van der Waals surface area contributed by atoms with Crippen LogP contribution in [0, 0.1) is 11.8 Å². The molecule has 0 aliphatic carbocycles. The van der Waals surface area contributed by atoms with Crippen LogP contribution in [0.2, 0.25) is 5.02 Å². The molecule has 16 heavy (non-hydrogen) atoms. The molecule has 3 nitrogen and oxygen atoms in total. The largest absolute Gasteiger partial charge is 0.495 e. The number of halogens is 1. The molecule has 0 amide bonds. The minimum absolute atomic E-state index is 0.522. The summed E-state index contributed by atoms with van der Waals surface area (Å²) in [5.41, 5.74) is 6.97. The van der Waals surface area contributed by atoms with Crippen LogP contribution in [0.3, 0.4) is 0 Å². The Hall–Kier alpha value is -1.37. The van der Waals surface area contributed by atoms with E-state index in [9.17, 15) is 0 Å². The molecule has 4 heteroatoms. The van der Waals surface area contributed by atoms with E-state index >= 15 is 0 Å². The van der Waals surface area contributed by atoms with Gasteiger partial charge in [0.05, 0.1) is 17.8 Å². The Labute approximate surface area is 101 Å². The summed E-state index contributed by atoms with van der Waals surface area (Å²) < 4.78 is 5.10. The van der Waals surface area contributed by atoms with Crippen LogP contribution in [0.1, 0.15) is 12.0 Å². The maximum Gasteiger partial charge on any atom is 0.143 e. The van der Waals surface area contributed by atoms with Crippen LogP contribution in [0.25, 0.3) is 0 Å². The lowest BCUT2D eigenvalue weighted by Crippen LogP contribution is -2.05. The number of ether oxygens (including phenoxy) is 1. The predicted octanol–water partition coefficient (Wildman–Crippen LogP) is 1.89. The summed E-state index contributed by atoms with van der Waals surface area (Å²) in [5, 5.41) is 3.57. The number of rotatable bonds is 3. The summed E-state index contributed by atoms with van der Waals surface area (Å²) in [7, 11) is 3.46. The minimum Gasteiger partial charge on any atom is -0.495 e. The Morgan fingerprint density at radius 3 is 2.88 bits per heavy atom. The van der Waals surface area contributed by atoms with Gasteiger partial charge in [0.2, 0.25) is 0 Å². The highest BCUT2D eigenvalue weighted by molar-refractivity contribution is 6.32. The number of anilines is 1. The standard InChI is InChI=1S/C12H15ClN2O/c1-15-6-4-3-5-9-7-12(16-2)11(14)8-10(9)13/h7-8,15H,4,6,14H2,1-2H3. The number of nitrogen functional groups attached to an aromatic ring is 1. The van der Waals surface area contributed by atoms with Crippen molar-refractivity contribution in [1.82, 2.24) is 5.32 Å². The summed E-state index contributed by atoms with van der Waals surface area (Å²) in [5.74, 6) is 6.61. The highest BCUT2D eigenvalue weighted by atomic mass is 35.5. The number of nitrogens with two attached hydrogens (primary N) is 1. The molecular formula is C12H15ClN2O. The van der Waals surface area contributed by atoms with Gasteiger partial charge in [-0.15, -0.1) is 0 Å². The van der Waals surface area contributed by atoms with Gasteiger partial charge in [0.1, 0.15) is 5.75 Å². The molecule has 0 aliphatic rings. The van der Waals surface area contributed by atoms with E-state index in [0.717, 1.165) is 18.5 Å². The Kier molecular flexibility index (Phi) is 4.97. The monoisotopic (exact) mass is 238 g/mol. The molecule has 0 spiro atoms. The van der Waals surface area contributed by atoms with Gasteiger partial charge in [0.15, 0.2) is 0 Å². The molecule has 0 saturated carbocycles. The Morgan fingerprint density at radius 2 is 2.25 bits per heavy atom. The van der Waals surface area contributed by atoms with Crippen molar-refractivity contribution in [1.29, 1.82) is 0 Å². The lowest BCUT2D eigenvalue weighted by Gasteiger charge is -2.05. The Bertz CT molecular complexity index is 421. The summed E-state index contributed by atoms with van der Waals surface area (Å²) in [6.45, 7) is 0.858. The van der Waals surface area contributed by atoms with Crippen molar-refractivity contribution in [2.24, 2.45) is 0 Å². The molecular weight excluding hydrogens is 224 g/mol. The molecule has 0 unspecified atom stereocenters. The quantitative estimate of drug-likeness (QED) is 0.480. The Balaban J connectivity index is 2.90. The average molecular weight is 239 g/mol. The third-order valence-electron chi connectivity index (χ3n) is 2.04. The number of hydrogen-bond donors (Lipinski definition) is 2. The van der Waals surface area contributed by atoms with Gasteiger partial charge in [-0.3, -0.25) is 0 Å². The zero-order valence-corrected chi connectivity index (χ0v) is 10.2. The summed E-state index contributed by atoms with van der Waals surface area (Å²) in [6, 6.07) is 3.41. The fraction of sp³-hybridized carbons (Fsp3) is 0.333. The van der Waals surface area contributed by atoms with Gasteiger partial charge in [0.25, 0.3) is 0 Å². The lowest BCUT2D eigenvalue weighted by atomic mass is 10.2. The number of nitrogens with one attached hydrogen (secondary N) is 1. The van der Waals surface area contributed by atoms with Gasteiger partial charge in [0, 0.05) is 18.5 Å². The van der Waals surface area contributed by atoms with Crippen LogP contribution >= 0.6 is 11.6 Å². The van der Waals surface area contributed by atoms with Crippen molar-refractivity contribution in [3.63, 3.8) is 0 Å². The molecule has 0 aromatic heterocycles. The van der Waals surface area contributed by atoms with Crippen molar-refractivity contribution in [3.8, 4) is 17.6 Å².